The summed E-state index contributed by atoms with van der Waals surface area (Å²) in [5.74, 6) is 1.51. The van der Waals surface area contributed by atoms with Gasteiger partial charge in [0.25, 0.3) is 0 Å². The van der Waals surface area contributed by atoms with Crippen LogP contribution in [0.15, 0.2) is 41.8 Å². The number of hydrogen-bond donors (Lipinski definition) is 1. The van der Waals surface area contributed by atoms with Gasteiger partial charge in [0.2, 0.25) is 0 Å². The Labute approximate surface area is 189 Å². The first kappa shape index (κ1) is 20.8. The minimum absolute atomic E-state index is 0.225. The number of benzene rings is 1. The van der Waals surface area contributed by atoms with Gasteiger partial charge < -0.3 is 14.9 Å². The first-order chi connectivity index (χ1) is 15.5. The lowest BCUT2D eigenvalue weighted by atomic mass is 10.1. The Morgan fingerprint density at radius 1 is 1.12 bits per heavy atom. The van der Waals surface area contributed by atoms with Gasteiger partial charge in [-0.1, -0.05) is 6.92 Å². The fraction of sp³-hybridized carbons (Fsp3) is 0.348. The minimum atomic E-state index is -0.260. The summed E-state index contributed by atoms with van der Waals surface area (Å²) in [6, 6.07) is 10.4. The number of aliphatic hydroxyl groups is 1. The van der Waals surface area contributed by atoms with Crippen molar-refractivity contribution in [3.05, 3.63) is 53.3 Å². The Bertz CT molecular complexity index is 1230. The maximum Gasteiger partial charge on any atom is 0.191 e. The molecule has 1 aromatic carbocycles. The maximum absolute atomic E-state index is 13.3. The number of nitrogens with zero attached hydrogens (tertiary/aromatic N) is 6. The van der Waals surface area contributed by atoms with E-state index >= 15 is 0 Å². The molecule has 5 rings (SSSR count). The molecule has 0 aliphatic carbocycles. The lowest BCUT2D eigenvalue weighted by molar-refractivity contribution is 0.145. The van der Waals surface area contributed by atoms with Gasteiger partial charge in [-0.05, 0) is 55.7 Å². The molecule has 9 heteroatoms. The van der Waals surface area contributed by atoms with E-state index in [2.05, 4.69) is 11.8 Å². The summed E-state index contributed by atoms with van der Waals surface area (Å²) in [5.41, 5.74) is 3.43. The number of aromatic nitrogens is 4. The zero-order valence-corrected chi connectivity index (χ0v) is 18.9. The average molecular weight is 453 g/mol. The number of halogens is 1. The molecule has 166 valence electrons. The van der Waals surface area contributed by atoms with E-state index in [1.54, 1.807) is 12.1 Å². The highest BCUT2D eigenvalue weighted by Crippen LogP contribution is 2.33. The van der Waals surface area contributed by atoms with Crippen molar-refractivity contribution in [2.45, 2.75) is 32.3 Å². The average Bonchev–Trinajstić information content (AvgIpc) is 3.44. The van der Waals surface area contributed by atoms with E-state index in [9.17, 15) is 9.50 Å². The predicted molar refractivity (Wildman–Crippen MR) is 125 cm³/mol. The molecule has 0 amide bonds. The second-order valence-electron chi connectivity index (χ2n) is 8.00. The van der Waals surface area contributed by atoms with Crippen molar-refractivity contribution in [1.29, 1.82) is 0 Å². The lowest BCUT2D eigenvalue weighted by Crippen LogP contribution is -2.36. The quantitative estimate of drug-likeness (QED) is 0.487. The fourth-order valence-electron chi connectivity index (χ4n) is 4.06. The van der Waals surface area contributed by atoms with Crippen molar-refractivity contribution in [1.82, 2.24) is 19.6 Å². The number of fused-ring (bicyclic) bond motifs is 1. The van der Waals surface area contributed by atoms with E-state index in [1.807, 2.05) is 34.0 Å². The van der Waals surface area contributed by atoms with E-state index in [-0.39, 0.29) is 11.9 Å². The van der Waals surface area contributed by atoms with Gasteiger partial charge in [-0.2, -0.15) is 4.52 Å². The molecule has 1 saturated heterocycles. The molecule has 0 saturated carbocycles. The third-order valence-electron chi connectivity index (χ3n) is 5.87. The Morgan fingerprint density at radius 3 is 2.59 bits per heavy atom. The third kappa shape index (κ3) is 3.82. The summed E-state index contributed by atoms with van der Waals surface area (Å²) < 4.78 is 15.2. The third-order valence-corrected chi connectivity index (χ3v) is 6.79. The number of piperidine rings is 1. The molecule has 3 aromatic heterocycles. The van der Waals surface area contributed by atoms with Crippen LogP contribution in [0.1, 0.15) is 25.5 Å². The number of aliphatic hydroxyl groups excluding tert-OH is 1. The van der Waals surface area contributed by atoms with E-state index < -0.39 is 0 Å². The van der Waals surface area contributed by atoms with Gasteiger partial charge in [0.05, 0.1) is 17.5 Å². The number of rotatable bonds is 5. The SMILES string of the molecule is CCc1nc2ccc(N3CCC(O)CC3)nn2c1N(C)c1nc(-c2ccc(F)cc2)cs1. The summed E-state index contributed by atoms with van der Waals surface area (Å²) in [6.07, 6.45) is 2.05. The van der Waals surface area contributed by atoms with E-state index in [1.165, 1.54) is 23.5 Å². The van der Waals surface area contributed by atoms with Crippen LogP contribution in [0.3, 0.4) is 0 Å². The molecule has 1 aliphatic rings. The molecule has 0 atom stereocenters. The minimum Gasteiger partial charge on any atom is -0.393 e. The molecule has 1 N–H and O–H groups in total. The van der Waals surface area contributed by atoms with E-state index in [0.29, 0.717) is 0 Å². The number of aryl methyl sites for hydroxylation is 1. The molecule has 0 spiro atoms. The van der Waals surface area contributed by atoms with Gasteiger partial charge in [-0.15, -0.1) is 16.4 Å². The molecule has 0 unspecified atom stereocenters. The van der Waals surface area contributed by atoms with Crippen molar-refractivity contribution in [3.63, 3.8) is 0 Å². The van der Waals surface area contributed by atoms with Crippen LogP contribution in [-0.4, -0.2) is 50.9 Å². The second-order valence-corrected chi connectivity index (χ2v) is 8.83. The Balaban J connectivity index is 1.51. The predicted octanol–water partition coefficient (Wildman–Crippen LogP) is 4.28. The monoisotopic (exact) mass is 452 g/mol. The number of hydrogen-bond acceptors (Lipinski definition) is 7. The standard InChI is InChI=1S/C23H25FN6OS/c1-3-18-22(28(2)23-26-19(14-32-23)15-4-6-16(24)7-5-15)30-20(25-18)8-9-21(27-30)29-12-10-17(31)11-13-29/h4-9,14,17,31H,3,10-13H2,1-2H3. The topological polar surface area (TPSA) is 69.8 Å². The lowest BCUT2D eigenvalue weighted by Gasteiger charge is -2.30. The normalized spacial score (nSPS) is 14.9. The molecule has 4 aromatic rings. The number of thiazole rings is 1. The van der Waals surface area contributed by atoms with Gasteiger partial charge in [0.1, 0.15) is 11.6 Å². The first-order valence-electron chi connectivity index (χ1n) is 10.8. The molecular formula is C23H25FN6OS. The molecular weight excluding hydrogens is 427 g/mol. The molecule has 4 heterocycles. The highest BCUT2D eigenvalue weighted by Gasteiger charge is 2.23. The molecule has 1 aliphatic heterocycles. The highest BCUT2D eigenvalue weighted by molar-refractivity contribution is 7.14. The van der Waals surface area contributed by atoms with Crippen LogP contribution in [-0.2, 0) is 6.42 Å². The Morgan fingerprint density at radius 2 is 1.88 bits per heavy atom. The zero-order valence-electron chi connectivity index (χ0n) is 18.1. The highest BCUT2D eigenvalue weighted by atomic mass is 32.1. The second kappa shape index (κ2) is 8.48. The van der Waals surface area contributed by atoms with Gasteiger partial charge in [-0.25, -0.2) is 14.4 Å². The number of imidazole rings is 1. The van der Waals surface area contributed by atoms with Crippen LogP contribution < -0.4 is 9.80 Å². The van der Waals surface area contributed by atoms with Crippen LogP contribution in [0.4, 0.5) is 21.2 Å². The smallest absolute Gasteiger partial charge is 0.191 e. The fourth-order valence-corrected chi connectivity index (χ4v) is 4.86. The molecule has 32 heavy (non-hydrogen) atoms. The first-order valence-corrected chi connectivity index (χ1v) is 11.7. The van der Waals surface area contributed by atoms with E-state index in [0.717, 1.165) is 71.7 Å². The summed E-state index contributed by atoms with van der Waals surface area (Å²) in [7, 11) is 1.97. The molecule has 7 nitrogen and oxygen atoms in total. The molecule has 0 bridgehead atoms. The van der Waals surface area contributed by atoms with Crippen molar-refractivity contribution < 1.29 is 9.50 Å². The Kier molecular flexibility index (Phi) is 5.52. The van der Waals surface area contributed by atoms with E-state index in [4.69, 9.17) is 15.1 Å². The largest absolute Gasteiger partial charge is 0.393 e. The van der Waals surface area contributed by atoms with Crippen molar-refractivity contribution in [2.24, 2.45) is 0 Å². The van der Waals surface area contributed by atoms with Gasteiger partial charge in [0, 0.05) is 31.1 Å². The van der Waals surface area contributed by atoms with Gasteiger partial charge in [0.15, 0.2) is 16.6 Å². The van der Waals surface area contributed by atoms with Crippen molar-refractivity contribution in [2.75, 3.05) is 29.9 Å². The number of anilines is 3. The molecule has 0 radical (unpaired) electrons. The van der Waals surface area contributed by atoms with Crippen LogP contribution in [0, 0.1) is 5.82 Å². The van der Waals surface area contributed by atoms with Gasteiger partial charge >= 0.3 is 0 Å². The summed E-state index contributed by atoms with van der Waals surface area (Å²) in [5, 5.41) is 17.5. The Hall–Kier alpha value is -3.04. The van der Waals surface area contributed by atoms with Crippen molar-refractivity contribution in [3.8, 4) is 11.3 Å². The van der Waals surface area contributed by atoms with Crippen LogP contribution in [0.25, 0.3) is 16.9 Å². The van der Waals surface area contributed by atoms with Crippen LogP contribution >= 0.6 is 11.3 Å². The zero-order chi connectivity index (χ0) is 22.2. The van der Waals surface area contributed by atoms with Crippen LogP contribution in [0.5, 0.6) is 0 Å². The van der Waals surface area contributed by atoms with Crippen molar-refractivity contribution >= 4 is 33.8 Å². The maximum atomic E-state index is 13.3. The summed E-state index contributed by atoms with van der Waals surface area (Å²) >= 11 is 1.53. The van der Waals surface area contributed by atoms with Crippen LogP contribution in [0.2, 0.25) is 0 Å². The summed E-state index contributed by atoms with van der Waals surface area (Å²) in [4.78, 5) is 13.8. The summed E-state index contributed by atoms with van der Waals surface area (Å²) in [6.45, 7) is 3.65. The molecule has 1 fully saturated rings. The van der Waals surface area contributed by atoms with Gasteiger partial charge in [-0.3, -0.25) is 0 Å².